The average molecular weight is 236 g/mol. The standard InChI is InChI=1S/C15H12N2O/c1-2-6-15-16-13(14(11-18)17-15)10-9-12-7-4-3-5-8-12/h2-5,7-8,11H,1,6H2,(H,16,17). The molecule has 0 radical (unpaired) electrons. The number of hydrogen-bond donors (Lipinski definition) is 1. The fourth-order valence-corrected chi connectivity index (χ4v) is 1.51. The number of H-pyrrole nitrogens is 1. The van der Waals surface area contributed by atoms with Crippen molar-refractivity contribution in [2.75, 3.05) is 0 Å². The van der Waals surface area contributed by atoms with E-state index in [2.05, 4.69) is 28.4 Å². The Kier molecular flexibility index (Phi) is 3.72. The van der Waals surface area contributed by atoms with E-state index in [1.54, 1.807) is 6.08 Å². The number of aldehydes is 1. The number of carbonyl (C=O) groups excluding carboxylic acids is 1. The van der Waals surface area contributed by atoms with Crippen molar-refractivity contribution in [3.63, 3.8) is 0 Å². The van der Waals surface area contributed by atoms with Crippen LogP contribution in [-0.4, -0.2) is 16.3 Å². The molecule has 1 N–H and O–H groups in total. The summed E-state index contributed by atoms with van der Waals surface area (Å²) in [7, 11) is 0. The first-order valence-electron chi connectivity index (χ1n) is 5.55. The molecule has 0 saturated heterocycles. The first-order valence-corrected chi connectivity index (χ1v) is 5.55. The molecule has 3 heteroatoms. The number of nitrogens with zero attached hydrogens (tertiary/aromatic N) is 1. The summed E-state index contributed by atoms with van der Waals surface area (Å²) in [5, 5.41) is 0. The molecule has 3 nitrogen and oxygen atoms in total. The minimum absolute atomic E-state index is 0.343. The highest BCUT2D eigenvalue weighted by molar-refractivity contribution is 5.75. The largest absolute Gasteiger partial charge is 0.335 e. The number of allylic oxidation sites excluding steroid dienone is 1. The van der Waals surface area contributed by atoms with E-state index in [1.807, 2.05) is 30.3 Å². The highest BCUT2D eigenvalue weighted by atomic mass is 16.1. The molecule has 18 heavy (non-hydrogen) atoms. The molecule has 0 bridgehead atoms. The molecular formula is C15H12N2O. The quantitative estimate of drug-likeness (QED) is 0.505. The summed E-state index contributed by atoms with van der Waals surface area (Å²) in [5.74, 6) is 6.61. The van der Waals surface area contributed by atoms with E-state index >= 15 is 0 Å². The molecule has 2 rings (SSSR count). The molecule has 0 saturated carbocycles. The van der Waals surface area contributed by atoms with Crippen LogP contribution in [0.3, 0.4) is 0 Å². The van der Waals surface area contributed by atoms with Crippen molar-refractivity contribution >= 4 is 6.29 Å². The SMILES string of the molecule is C=CCc1nc(C=O)c(C#Cc2ccccc2)[nH]1. The van der Waals surface area contributed by atoms with Crippen molar-refractivity contribution in [2.45, 2.75) is 6.42 Å². The molecule has 0 atom stereocenters. The number of aromatic nitrogens is 2. The van der Waals surface area contributed by atoms with Gasteiger partial charge in [-0.25, -0.2) is 4.98 Å². The van der Waals surface area contributed by atoms with Crippen molar-refractivity contribution in [2.24, 2.45) is 0 Å². The Balaban J connectivity index is 2.31. The van der Waals surface area contributed by atoms with Crippen molar-refractivity contribution in [1.82, 2.24) is 9.97 Å². The Bertz CT molecular complexity index is 615. The number of benzene rings is 1. The minimum Gasteiger partial charge on any atom is -0.335 e. The number of hydrogen-bond acceptors (Lipinski definition) is 2. The molecule has 1 aromatic heterocycles. The van der Waals surface area contributed by atoms with Crippen LogP contribution in [0.4, 0.5) is 0 Å². The number of aromatic amines is 1. The molecule has 0 aliphatic heterocycles. The van der Waals surface area contributed by atoms with Crippen molar-refractivity contribution in [3.8, 4) is 11.8 Å². The van der Waals surface area contributed by atoms with Gasteiger partial charge in [0.05, 0.1) is 0 Å². The zero-order valence-corrected chi connectivity index (χ0v) is 9.81. The fraction of sp³-hybridized carbons (Fsp3) is 0.0667. The second kappa shape index (κ2) is 5.65. The Morgan fingerprint density at radius 1 is 1.28 bits per heavy atom. The Morgan fingerprint density at radius 3 is 2.72 bits per heavy atom. The minimum atomic E-state index is 0.343. The van der Waals surface area contributed by atoms with Gasteiger partial charge in [-0.1, -0.05) is 30.2 Å². The number of rotatable bonds is 3. The molecule has 0 amide bonds. The van der Waals surface area contributed by atoms with Gasteiger partial charge in [-0.15, -0.1) is 6.58 Å². The second-order valence-electron chi connectivity index (χ2n) is 3.67. The molecule has 2 aromatic rings. The van der Waals surface area contributed by atoms with Gasteiger partial charge in [0.1, 0.15) is 17.2 Å². The number of nitrogens with one attached hydrogen (secondary N) is 1. The van der Waals surface area contributed by atoms with Crippen LogP contribution in [0.5, 0.6) is 0 Å². The molecule has 0 aliphatic carbocycles. The number of carbonyl (C=O) groups is 1. The lowest BCUT2D eigenvalue weighted by Crippen LogP contribution is -1.84. The van der Waals surface area contributed by atoms with Crippen LogP contribution < -0.4 is 0 Å². The lowest BCUT2D eigenvalue weighted by Gasteiger charge is -1.87. The van der Waals surface area contributed by atoms with Gasteiger partial charge in [0.25, 0.3) is 0 Å². The first-order chi connectivity index (χ1) is 8.83. The van der Waals surface area contributed by atoms with Crippen LogP contribution in [0.15, 0.2) is 43.0 Å². The number of imidazole rings is 1. The Labute approximate surface area is 106 Å². The van der Waals surface area contributed by atoms with Gasteiger partial charge in [0.15, 0.2) is 6.29 Å². The predicted molar refractivity (Wildman–Crippen MR) is 70.3 cm³/mol. The van der Waals surface area contributed by atoms with E-state index in [4.69, 9.17) is 0 Å². The van der Waals surface area contributed by atoms with Crippen LogP contribution in [-0.2, 0) is 6.42 Å². The zero-order chi connectivity index (χ0) is 12.8. The fourth-order valence-electron chi connectivity index (χ4n) is 1.51. The van der Waals surface area contributed by atoms with Gasteiger partial charge in [-0.3, -0.25) is 4.79 Å². The predicted octanol–water partition coefficient (Wildman–Crippen LogP) is 2.35. The van der Waals surface area contributed by atoms with E-state index in [0.29, 0.717) is 29.9 Å². The normalized spacial score (nSPS) is 9.33. The monoisotopic (exact) mass is 236 g/mol. The molecule has 0 aliphatic rings. The molecule has 0 fully saturated rings. The van der Waals surface area contributed by atoms with Crippen molar-refractivity contribution in [1.29, 1.82) is 0 Å². The maximum absolute atomic E-state index is 10.9. The third kappa shape index (κ3) is 2.74. The van der Waals surface area contributed by atoms with Gasteiger partial charge >= 0.3 is 0 Å². The molecule has 88 valence electrons. The molecule has 0 spiro atoms. The summed E-state index contributed by atoms with van der Waals surface area (Å²) in [4.78, 5) is 18.0. The van der Waals surface area contributed by atoms with Crippen LogP contribution in [0, 0.1) is 11.8 Å². The van der Waals surface area contributed by atoms with Gasteiger partial charge in [0.2, 0.25) is 0 Å². The van der Waals surface area contributed by atoms with E-state index in [-0.39, 0.29) is 0 Å². The molecule has 0 unspecified atom stereocenters. The first kappa shape index (κ1) is 11.9. The summed E-state index contributed by atoms with van der Waals surface area (Å²) >= 11 is 0. The van der Waals surface area contributed by atoms with Crippen LogP contribution >= 0.6 is 0 Å². The van der Waals surface area contributed by atoms with Gasteiger partial charge in [-0.2, -0.15) is 0 Å². The third-order valence-electron chi connectivity index (χ3n) is 2.34. The third-order valence-corrected chi connectivity index (χ3v) is 2.34. The highest BCUT2D eigenvalue weighted by Crippen LogP contribution is 2.04. The van der Waals surface area contributed by atoms with Crippen molar-refractivity contribution < 1.29 is 4.79 Å². The smallest absolute Gasteiger partial charge is 0.171 e. The maximum Gasteiger partial charge on any atom is 0.171 e. The lowest BCUT2D eigenvalue weighted by atomic mass is 10.2. The van der Waals surface area contributed by atoms with Gasteiger partial charge in [-0.05, 0) is 18.1 Å². The van der Waals surface area contributed by atoms with E-state index in [9.17, 15) is 4.79 Å². The summed E-state index contributed by atoms with van der Waals surface area (Å²) in [6.45, 7) is 3.63. The molecular weight excluding hydrogens is 224 g/mol. The Hall–Kier alpha value is -2.60. The Morgan fingerprint density at radius 2 is 2.06 bits per heavy atom. The summed E-state index contributed by atoms with van der Waals surface area (Å²) in [6, 6.07) is 9.59. The van der Waals surface area contributed by atoms with E-state index in [1.165, 1.54) is 0 Å². The molecule has 1 aromatic carbocycles. The maximum atomic E-state index is 10.9. The van der Waals surface area contributed by atoms with Crippen LogP contribution in [0.25, 0.3) is 0 Å². The van der Waals surface area contributed by atoms with Crippen LogP contribution in [0.2, 0.25) is 0 Å². The van der Waals surface area contributed by atoms with E-state index in [0.717, 1.165) is 5.56 Å². The summed E-state index contributed by atoms with van der Waals surface area (Å²) in [5.41, 5.74) is 1.79. The highest BCUT2D eigenvalue weighted by Gasteiger charge is 2.05. The van der Waals surface area contributed by atoms with Crippen LogP contribution in [0.1, 0.15) is 27.6 Å². The van der Waals surface area contributed by atoms with Gasteiger partial charge < -0.3 is 4.98 Å². The lowest BCUT2D eigenvalue weighted by molar-refractivity contribution is 0.111. The van der Waals surface area contributed by atoms with Crippen molar-refractivity contribution in [3.05, 3.63) is 65.8 Å². The molecule has 1 heterocycles. The summed E-state index contributed by atoms with van der Waals surface area (Å²) in [6.07, 6.45) is 3.02. The summed E-state index contributed by atoms with van der Waals surface area (Å²) < 4.78 is 0. The van der Waals surface area contributed by atoms with Gasteiger partial charge in [0, 0.05) is 12.0 Å². The zero-order valence-electron chi connectivity index (χ0n) is 9.81. The van der Waals surface area contributed by atoms with E-state index < -0.39 is 0 Å². The average Bonchev–Trinajstić information content (AvgIpc) is 2.80. The second-order valence-corrected chi connectivity index (χ2v) is 3.67. The topological polar surface area (TPSA) is 45.8 Å².